The molecule has 0 spiro atoms. The van der Waals surface area contributed by atoms with Crippen LogP contribution in [0.25, 0.3) is 11.4 Å². The topological polar surface area (TPSA) is 101 Å². The molecule has 0 bridgehead atoms. The van der Waals surface area contributed by atoms with Gasteiger partial charge in [0, 0.05) is 13.1 Å². The van der Waals surface area contributed by atoms with Crippen molar-refractivity contribution in [3.05, 3.63) is 47.7 Å². The maximum absolute atomic E-state index is 14.9. The maximum Gasteiger partial charge on any atom is 0.254 e. The van der Waals surface area contributed by atoms with Crippen molar-refractivity contribution in [1.29, 1.82) is 0 Å². The number of halogens is 1. The summed E-state index contributed by atoms with van der Waals surface area (Å²) in [4.78, 5) is 16.5. The molecule has 1 aromatic heterocycles. The zero-order valence-electron chi connectivity index (χ0n) is 15.5. The van der Waals surface area contributed by atoms with Crippen molar-refractivity contribution in [2.45, 2.75) is 31.7 Å². The second-order valence-corrected chi connectivity index (χ2v) is 6.39. The number of hydrogen-bond donors (Lipinski definition) is 3. The van der Waals surface area contributed by atoms with Gasteiger partial charge in [-0.25, -0.2) is 9.37 Å². The van der Waals surface area contributed by atoms with Gasteiger partial charge in [0.2, 0.25) is 0 Å². The largest absolute Gasteiger partial charge is 0.394 e. The van der Waals surface area contributed by atoms with Gasteiger partial charge in [0.1, 0.15) is 18.0 Å². The van der Waals surface area contributed by atoms with Gasteiger partial charge in [0.05, 0.1) is 5.56 Å². The lowest BCUT2D eigenvalue weighted by Crippen LogP contribution is -2.17. The van der Waals surface area contributed by atoms with E-state index in [0.717, 1.165) is 36.8 Å². The van der Waals surface area contributed by atoms with Crippen molar-refractivity contribution in [3.8, 4) is 11.4 Å². The van der Waals surface area contributed by atoms with Gasteiger partial charge in [-0.05, 0) is 61.8 Å². The van der Waals surface area contributed by atoms with Crippen molar-refractivity contribution in [2.75, 3.05) is 14.1 Å². The van der Waals surface area contributed by atoms with E-state index in [0.29, 0.717) is 5.56 Å². The lowest BCUT2D eigenvalue weighted by Gasteiger charge is -2.18. The van der Waals surface area contributed by atoms with E-state index in [1.54, 1.807) is 25.4 Å². The molecular formula is C19H24FN7. The van der Waals surface area contributed by atoms with Gasteiger partial charge in [0.25, 0.3) is 5.95 Å². The fourth-order valence-corrected chi connectivity index (χ4v) is 3.26. The van der Waals surface area contributed by atoms with Crippen LogP contribution in [0.15, 0.2) is 35.7 Å². The third-order valence-electron chi connectivity index (χ3n) is 4.59. The average Bonchev–Trinajstić information content (AvgIpc) is 2.87. The number of hydrogen-bond acceptors (Lipinski definition) is 6. The zero-order chi connectivity index (χ0) is 19.2. The molecule has 142 valence electrons. The molecule has 0 saturated carbocycles. The molecule has 1 aliphatic carbocycles. The number of aromatic nitrogens is 3. The number of benzene rings is 1. The maximum atomic E-state index is 14.9. The molecule has 8 heteroatoms. The number of nitrogens with one attached hydrogen (secondary N) is 2. The molecule has 0 amide bonds. The molecule has 0 radical (unpaired) electrons. The minimum Gasteiger partial charge on any atom is -0.394 e. The van der Waals surface area contributed by atoms with Crippen LogP contribution < -0.4 is 16.4 Å². The first-order valence-electron chi connectivity index (χ1n) is 8.99. The smallest absolute Gasteiger partial charge is 0.254 e. The standard InChI is InChI=1S/C19H24FN7/c1-22-8-7-17(21)26-19-25-11-24-18(27-19)14-9-12-5-3-4-6-16(23-2)13(12)10-15(14)20/h7-11,16,22-23H,3-6H2,1-2H3,(H2,21,24,25,26,27)/b8-7-. The van der Waals surface area contributed by atoms with E-state index in [9.17, 15) is 4.39 Å². The molecule has 1 heterocycles. The second kappa shape index (κ2) is 8.68. The third kappa shape index (κ3) is 4.46. The molecule has 27 heavy (non-hydrogen) atoms. The number of aliphatic imine (C=N–C) groups is 1. The molecule has 1 unspecified atom stereocenters. The summed E-state index contributed by atoms with van der Waals surface area (Å²) in [5.74, 6) is 0.279. The number of fused-ring (bicyclic) bond motifs is 1. The van der Waals surface area contributed by atoms with Gasteiger partial charge in [-0.1, -0.05) is 6.42 Å². The fraction of sp³-hybridized carbons (Fsp3) is 0.368. The quantitative estimate of drug-likeness (QED) is 0.425. The SMILES string of the molecule is CN/C=C\C(N)=Nc1ncnc(-c2cc3c(cc2F)C(NC)CCCC3)n1. The number of rotatable bonds is 5. The average molecular weight is 369 g/mol. The van der Waals surface area contributed by atoms with Gasteiger partial charge in [-0.15, -0.1) is 0 Å². The molecular weight excluding hydrogens is 345 g/mol. The Bertz CT molecular complexity index is 863. The highest BCUT2D eigenvalue weighted by Gasteiger charge is 2.21. The summed E-state index contributed by atoms with van der Waals surface area (Å²) in [5.41, 5.74) is 8.29. The lowest BCUT2D eigenvalue weighted by molar-refractivity contribution is 0.529. The van der Waals surface area contributed by atoms with Crippen molar-refractivity contribution in [1.82, 2.24) is 25.6 Å². The summed E-state index contributed by atoms with van der Waals surface area (Å²) in [7, 11) is 3.67. The number of aryl methyl sites for hydroxylation is 1. The number of nitrogens with zero attached hydrogens (tertiary/aromatic N) is 4. The number of amidine groups is 1. The summed E-state index contributed by atoms with van der Waals surface area (Å²) >= 11 is 0. The van der Waals surface area contributed by atoms with Crippen molar-refractivity contribution in [3.63, 3.8) is 0 Å². The summed E-state index contributed by atoms with van der Waals surface area (Å²) in [6, 6.07) is 3.63. The van der Waals surface area contributed by atoms with Crippen LogP contribution in [-0.2, 0) is 6.42 Å². The normalized spacial score (nSPS) is 17.6. The van der Waals surface area contributed by atoms with Gasteiger partial charge in [-0.3, -0.25) is 0 Å². The van der Waals surface area contributed by atoms with Crippen LogP contribution in [0.2, 0.25) is 0 Å². The van der Waals surface area contributed by atoms with Gasteiger partial charge >= 0.3 is 0 Å². The zero-order valence-corrected chi connectivity index (χ0v) is 15.5. The Balaban J connectivity index is 1.99. The predicted molar refractivity (Wildman–Crippen MR) is 104 cm³/mol. The highest BCUT2D eigenvalue weighted by atomic mass is 19.1. The molecule has 0 fully saturated rings. The second-order valence-electron chi connectivity index (χ2n) is 6.39. The van der Waals surface area contributed by atoms with Crippen molar-refractivity contribution < 1.29 is 4.39 Å². The molecule has 1 atom stereocenters. The summed E-state index contributed by atoms with van der Waals surface area (Å²) in [6.45, 7) is 0. The van der Waals surface area contributed by atoms with Crippen LogP contribution in [0.5, 0.6) is 0 Å². The van der Waals surface area contributed by atoms with E-state index in [2.05, 4.69) is 30.6 Å². The van der Waals surface area contributed by atoms with Crippen LogP contribution in [0.4, 0.5) is 10.3 Å². The Morgan fingerprint density at radius 1 is 1.30 bits per heavy atom. The molecule has 0 aliphatic heterocycles. The van der Waals surface area contributed by atoms with E-state index in [1.165, 1.54) is 6.33 Å². The molecule has 0 saturated heterocycles. The van der Waals surface area contributed by atoms with E-state index in [-0.39, 0.29) is 29.5 Å². The van der Waals surface area contributed by atoms with Crippen LogP contribution in [0.3, 0.4) is 0 Å². The Labute approximate surface area is 158 Å². The highest BCUT2D eigenvalue weighted by molar-refractivity contribution is 5.92. The van der Waals surface area contributed by atoms with Gasteiger partial charge in [0.15, 0.2) is 5.82 Å². The van der Waals surface area contributed by atoms with E-state index >= 15 is 0 Å². The Morgan fingerprint density at radius 2 is 2.15 bits per heavy atom. The van der Waals surface area contributed by atoms with Crippen LogP contribution >= 0.6 is 0 Å². The van der Waals surface area contributed by atoms with Gasteiger partial charge in [-0.2, -0.15) is 15.0 Å². The molecule has 1 aromatic carbocycles. The Morgan fingerprint density at radius 3 is 2.93 bits per heavy atom. The molecule has 2 aromatic rings. The molecule has 1 aliphatic rings. The minimum atomic E-state index is -0.347. The minimum absolute atomic E-state index is 0.140. The molecule has 4 N–H and O–H groups in total. The monoisotopic (exact) mass is 369 g/mol. The first-order chi connectivity index (χ1) is 13.1. The fourth-order valence-electron chi connectivity index (χ4n) is 3.26. The van der Waals surface area contributed by atoms with E-state index in [4.69, 9.17) is 5.73 Å². The van der Waals surface area contributed by atoms with E-state index in [1.807, 2.05) is 13.1 Å². The van der Waals surface area contributed by atoms with Crippen LogP contribution in [0, 0.1) is 5.82 Å². The summed E-state index contributed by atoms with van der Waals surface area (Å²) in [6.07, 6.45) is 8.66. The van der Waals surface area contributed by atoms with E-state index < -0.39 is 0 Å². The first kappa shape index (κ1) is 18.9. The Kier molecular flexibility index (Phi) is 6.08. The van der Waals surface area contributed by atoms with Gasteiger partial charge < -0.3 is 16.4 Å². The predicted octanol–water partition coefficient (Wildman–Crippen LogP) is 2.39. The molecule has 3 rings (SSSR count). The lowest BCUT2D eigenvalue weighted by atomic mass is 9.96. The summed E-state index contributed by atoms with van der Waals surface area (Å²) in [5, 5.41) is 6.11. The van der Waals surface area contributed by atoms with Crippen LogP contribution in [-0.4, -0.2) is 34.9 Å². The number of nitrogens with two attached hydrogens (primary N) is 1. The summed E-state index contributed by atoms with van der Waals surface area (Å²) < 4.78 is 14.9. The van der Waals surface area contributed by atoms with Crippen LogP contribution in [0.1, 0.15) is 36.4 Å². The first-order valence-corrected chi connectivity index (χ1v) is 8.99. The third-order valence-corrected chi connectivity index (χ3v) is 4.59. The van der Waals surface area contributed by atoms with Crippen molar-refractivity contribution in [2.24, 2.45) is 10.7 Å². The van der Waals surface area contributed by atoms with Crippen molar-refractivity contribution >= 4 is 11.8 Å². The highest BCUT2D eigenvalue weighted by Crippen LogP contribution is 2.33. The Hall–Kier alpha value is -2.87. The molecule has 7 nitrogen and oxygen atoms in total.